The molecule has 1 aromatic heterocycles. The molecule has 2 nitrogen and oxygen atoms in total. The summed E-state index contributed by atoms with van der Waals surface area (Å²) in [4.78, 5) is 0. The van der Waals surface area contributed by atoms with Crippen LogP contribution in [0.5, 0.6) is 0 Å². The van der Waals surface area contributed by atoms with Crippen molar-refractivity contribution in [3.8, 4) is 21.7 Å². The third kappa shape index (κ3) is 9.19. The van der Waals surface area contributed by atoms with Gasteiger partial charge in [-0.3, -0.25) is 6.08 Å². The first-order chi connectivity index (χ1) is 12.9. The summed E-state index contributed by atoms with van der Waals surface area (Å²) in [5.74, 6) is 0. The number of allylic oxidation sites excluding steroid dienone is 4. The van der Waals surface area contributed by atoms with Gasteiger partial charge in [0.15, 0.2) is 0 Å². The number of benzene rings is 2. The summed E-state index contributed by atoms with van der Waals surface area (Å²) in [6.45, 7) is 0. The number of rotatable bonds is 2. The van der Waals surface area contributed by atoms with Gasteiger partial charge in [-0.2, -0.15) is 32.4 Å². The van der Waals surface area contributed by atoms with E-state index >= 15 is 0 Å². The molecule has 0 fully saturated rings. The van der Waals surface area contributed by atoms with Crippen molar-refractivity contribution in [1.82, 2.24) is 0 Å². The van der Waals surface area contributed by atoms with E-state index in [2.05, 4.69) is 78.9 Å². The van der Waals surface area contributed by atoms with Crippen LogP contribution in [-0.2, 0) is 21.7 Å². The van der Waals surface area contributed by atoms with Gasteiger partial charge >= 0.3 is 21.7 Å². The molecule has 2 aromatic carbocycles. The zero-order chi connectivity index (χ0) is 19.0. The molecule has 0 saturated heterocycles. The van der Waals surface area contributed by atoms with Crippen LogP contribution in [0.25, 0.3) is 21.7 Å². The molecule has 0 spiro atoms. The molecule has 4 rings (SSSR count). The largest absolute Gasteiger partial charge is 4.00 e. The van der Waals surface area contributed by atoms with Crippen molar-refractivity contribution >= 4 is 8.19 Å². The Morgan fingerprint density at radius 3 is 1.81 bits per heavy atom. The van der Waals surface area contributed by atoms with Crippen LogP contribution in [0.3, 0.4) is 0 Å². The summed E-state index contributed by atoms with van der Waals surface area (Å²) in [5.41, 5.74) is 2.59. The van der Waals surface area contributed by atoms with Crippen molar-refractivity contribution in [1.29, 1.82) is 0 Å². The zero-order valence-electron chi connectivity index (χ0n) is 15.6. The molecule has 0 N–H and O–H groups in total. The molecule has 27 heavy (non-hydrogen) atoms. The minimum absolute atomic E-state index is 0. The van der Waals surface area contributed by atoms with Crippen molar-refractivity contribution in [3.05, 3.63) is 97.1 Å². The van der Waals surface area contributed by atoms with E-state index in [-0.39, 0.29) is 21.7 Å². The van der Waals surface area contributed by atoms with Crippen LogP contribution in [0, 0.1) is 12.1 Å². The Hall–Kier alpha value is -1.67. The minimum atomic E-state index is 0. The Morgan fingerprint density at radius 2 is 1.37 bits per heavy atom. The van der Waals surface area contributed by atoms with E-state index in [4.69, 9.17) is 10.2 Å². The molecule has 0 saturated carbocycles. The molecule has 0 bridgehead atoms. The molecule has 0 amide bonds. The maximum atomic E-state index is 8.25. The molecule has 1 heterocycles. The Kier molecular flexibility index (Phi) is 15.5. The summed E-state index contributed by atoms with van der Waals surface area (Å²) < 4.78 is 0. The normalized spacial score (nSPS) is 10.5. The standard InChI is InChI=1S/C16H12P.C5H5.2CH3O.Ti/c1-3-7-13(8-4-1)15-11-12-16(17-15)14-9-5-2-6-10-14;1-2-4-5-3-1;2*1-2;/h1-11,17H;1-3H,4H2;2*1H3;/q4*-1;+4. The third-order valence-electron chi connectivity index (χ3n) is 3.35. The summed E-state index contributed by atoms with van der Waals surface area (Å²) in [7, 11) is 2.21. The summed E-state index contributed by atoms with van der Waals surface area (Å²) >= 11 is 0. The van der Waals surface area contributed by atoms with E-state index in [0.29, 0.717) is 8.19 Å². The van der Waals surface area contributed by atoms with Gasteiger partial charge in [0.25, 0.3) is 0 Å². The molecule has 136 valence electrons. The minimum Gasteiger partial charge on any atom is -0.857 e. The van der Waals surface area contributed by atoms with Crippen molar-refractivity contribution in [2.24, 2.45) is 0 Å². The van der Waals surface area contributed by atoms with E-state index in [1.54, 1.807) is 0 Å². The molecule has 4 heteroatoms. The molecule has 3 aromatic rings. The second kappa shape index (κ2) is 16.5. The Labute approximate surface area is 179 Å². The van der Waals surface area contributed by atoms with Crippen LogP contribution in [-0.4, -0.2) is 14.2 Å². The van der Waals surface area contributed by atoms with Crippen molar-refractivity contribution < 1.29 is 31.9 Å². The summed E-state index contributed by atoms with van der Waals surface area (Å²) in [6.07, 6.45) is 10.0. The van der Waals surface area contributed by atoms with E-state index in [9.17, 15) is 0 Å². The maximum absolute atomic E-state index is 8.25. The Bertz CT molecular complexity index is 701. The molecule has 1 aliphatic rings. The smallest absolute Gasteiger partial charge is 0.857 e. The van der Waals surface area contributed by atoms with Crippen LogP contribution in [0.15, 0.2) is 85.0 Å². The van der Waals surface area contributed by atoms with E-state index < -0.39 is 0 Å². The first-order valence-corrected chi connectivity index (χ1v) is 9.18. The van der Waals surface area contributed by atoms with Gasteiger partial charge < -0.3 is 10.2 Å². The maximum Gasteiger partial charge on any atom is 4.00 e. The van der Waals surface area contributed by atoms with Gasteiger partial charge in [0.2, 0.25) is 0 Å². The number of hydrogen-bond donors (Lipinski definition) is 0. The topological polar surface area (TPSA) is 46.1 Å². The molecule has 0 aliphatic heterocycles. The molecular formula is C23H23O2PTi. The average molecular weight is 410 g/mol. The van der Waals surface area contributed by atoms with Crippen LogP contribution < -0.4 is 10.2 Å². The van der Waals surface area contributed by atoms with Gasteiger partial charge in [-0.05, 0) is 0 Å². The first-order valence-electron chi connectivity index (χ1n) is 8.18. The SMILES string of the molecule is C[O-].C[O-].[C-]1=CC=CC1.[Ti+4].[c-]1cc(-c2ccccc2)[pH]c1-c1ccccc1. The third-order valence-corrected chi connectivity index (χ3v) is 4.74. The van der Waals surface area contributed by atoms with E-state index in [1.807, 2.05) is 18.2 Å². The first kappa shape index (κ1) is 25.3. The molecule has 1 unspecified atom stereocenters. The molecule has 1 atom stereocenters. The van der Waals surface area contributed by atoms with Crippen LogP contribution in [0.1, 0.15) is 6.42 Å². The van der Waals surface area contributed by atoms with Crippen molar-refractivity contribution in [3.63, 3.8) is 0 Å². The van der Waals surface area contributed by atoms with E-state index in [0.717, 1.165) is 20.6 Å². The van der Waals surface area contributed by atoms with E-state index in [1.165, 1.54) is 21.7 Å². The van der Waals surface area contributed by atoms with Crippen molar-refractivity contribution in [2.75, 3.05) is 14.2 Å². The quantitative estimate of drug-likeness (QED) is 0.472. The zero-order valence-corrected chi connectivity index (χ0v) is 18.2. The van der Waals surface area contributed by atoms with Gasteiger partial charge in [0.05, 0.1) is 0 Å². The van der Waals surface area contributed by atoms with Gasteiger partial charge in [-0.15, -0.1) is 29.4 Å². The molecule has 0 radical (unpaired) electrons. The Morgan fingerprint density at radius 1 is 0.815 bits per heavy atom. The monoisotopic (exact) mass is 410 g/mol. The van der Waals surface area contributed by atoms with Gasteiger partial charge in [0.1, 0.15) is 0 Å². The second-order valence-corrected chi connectivity index (χ2v) is 6.23. The fourth-order valence-electron chi connectivity index (χ4n) is 2.22. The fraction of sp³-hybridized carbons (Fsp3) is 0.130. The summed E-state index contributed by atoms with van der Waals surface area (Å²) in [5, 5.41) is 19.2. The van der Waals surface area contributed by atoms with Crippen LogP contribution in [0.4, 0.5) is 0 Å². The predicted molar refractivity (Wildman–Crippen MR) is 109 cm³/mol. The average Bonchev–Trinajstić information content (AvgIpc) is 3.48. The van der Waals surface area contributed by atoms with Gasteiger partial charge in [0, 0.05) is 0 Å². The molecular weight excluding hydrogens is 387 g/mol. The predicted octanol–water partition coefficient (Wildman–Crippen LogP) is 4.11. The van der Waals surface area contributed by atoms with Crippen molar-refractivity contribution in [2.45, 2.75) is 6.42 Å². The van der Waals surface area contributed by atoms with Crippen LogP contribution in [0.2, 0.25) is 0 Å². The fourth-order valence-corrected chi connectivity index (χ4v) is 3.40. The summed E-state index contributed by atoms with van der Waals surface area (Å²) in [6, 6.07) is 26.6. The Balaban J connectivity index is 0.000000574. The molecule has 1 aliphatic carbocycles. The second-order valence-electron chi connectivity index (χ2n) is 4.94. The van der Waals surface area contributed by atoms with Crippen LogP contribution >= 0.6 is 8.19 Å². The van der Waals surface area contributed by atoms with Gasteiger partial charge in [-0.25, -0.2) is 20.3 Å². The van der Waals surface area contributed by atoms with Gasteiger partial charge in [-0.1, -0.05) is 59.4 Å². The number of hydrogen-bond acceptors (Lipinski definition) is 2.